The lowest BCUT2D eigenvalue weighted by Gasteiger charge is -2.34. The van der Waals surface area contributed by atoms with Crippen LogP contribution in [0.2, 0.25) is 0 Å². The summed E-state index contributed by atoms with van der Waals surface area (Å²) in [4.78, 5) is 17.7. The van der Waals surface area contributed by atoms with Crippen LogP contribution in [0.3, 0.4) is 0 Å². The smallest absolute Gasteiger partial charge is 0.254 e. The van der Waals surface area contributed by atoms with Gasteiger partial charge in [-0.05, 0) is 24.5 Å². The molecule has 1 amide bonds. The number of carbonyl (C=O) groups is 1. The van der Waals surface area contributed by atoms with E-state index in [1.807, 2.05) is 35.4 Å². The summed E-state index contributed by atoms with van der Waals surface area (Å²) in [6, 6.07) is 7.81. The zero-order valence-electron chi connectivity index (χ0n) is 11.7. The van der Waals surface area contributed by atoms with Crippen LogP contribution < -0.4 is 4.90 Å². The first-order valence-corrected chi connectivity index (χ1v) is 8.69. The number of nitrogens with zero attached hydrogens (tertiary/aromatic N) is 4. The minimum atomic E-state index is 0.113. The molecule has 1 fully saturated rings. The van der Waals surface area contributed by atoms with Gasteiger partial charge < -0.3 is 9.80 Å². The molecular formula is C14H16N4OS2. The van der Waals surface area contributed by atoms with Gasteiger partial charge in [-0.15, -0.1) is 11.8 Å². The summed E-state index contributed by atoms with van der Waals surface area (Å²) in [5.74, 6) is 1.03. The SMILES string of the molecule is CSc1cccc(C(=O)N2CCN(c3cnsn3)CC2)c1. The molecule has 0 saturated carbocycles. The molecule has 7 heteroatoms. The highest BCUT2D eigenvalue weighted by Crippen LogP contribution is 2.19. The van der Waals surface area contributed by atoms with Gasteiger partial charge in [0.1, 0.15) is 0 Å². The lowest BCUT2D eigenvalue weighted by Crippen LogP contribution is -2.48. The molecule has 21 heavy (non-hydrogen) atoms. The van der Waals surface area contributed by atoms with Crippen LogP contribution in [-0.2, 0) is 0 Å². The first-order chi connectivity index (χ1) is 10.3. The third-order valence-corrected chi connectivity index (χ3v) is 4.75. The van der Waals surface area contributed by atoms with Crippen LogP contribution >= 0.6 is 23.5 Å². The van der Waals surface area contributed by atoms with Gasteiger partial charge in [0.15, 0.2) is 5.82 Å². The van der Waals surface area contributed by atoms with Gasteiger partial charge in [0.2, 0.25) is 0 Å². The minimum absolute atomic E-state index is 0.113. The predicted octanol–water partition coefficient (Wildman–Crippen LogP) is 2.22. The Hall–Kier alpha value is -1.60. The van der Waals surface area contributed by atoms with E-state index in [9.17, 15) is 4.79 Å². The van der Waals surface area contributed by atoms with Gasteiger partial charge in [-0.3, -0.25) is 4.79 Å². The van der Waals surface area contributed by atoms with Crippen LogP contribution in [0.5, 0.6) is 0 Å². The average Bonchev–Trinajstić information content (AvgIpc) is 3.09. The molecule has 1 aromatic heterocycles. The van der Waals surface area contributed by atoms with Gasteiger partial charge in [0.25, 0.3) is 5.91 Å². The van der Waals surface area contributed by atoms with Crippen LogP contribution in [0, 0.1) is 0 Å². The highest BCUT2D eigenvalue weighted by atomic mass is 32.2. The van der Waals surface area contributed by atoms with Crippen molar-refractivity contribution in [2.24, 2.45) is 0 Å². The number of rotatable bonds is 3. The Morgan fingerprint density at radius 1 is 1.29 bits per heavy atom. The molecule has 3 rings (SSSR count). The van der Waals surface area contributed by atoms with Crippen molar-refractivity contribution >= 4 is 35.2 Å². The number of benzene rings is 1. The summed E-state index contributed by atoms with van der Waals surface area (Å²) in [6.07, 6.45) is 3.80. The highest BCUT2D eigenvalue weighted by molar-refractivity contribution is 7.98. The van der Waals surface area contributed by atoms with E-state index in [4.69, 9.17) is 0 Å². The Morgan fingerprint density at radius 3 is 2.76 bits per heavy atom. The first-order valence-electron chi connectivity index (χ1n) is 6.74. The zero-order valence-corrected chi connectivity index (χ0v) is 13.4. The molecule has 1 aliphatic rings. The zero-order chi connectivity index (χ0) is 14.7. The van der Waals surface area contributed by atoms with E-state index >= 15 is 0 Å². The van der Waals surface area contributed by atoms with E-state index < -0.39 is 0 Å². The topological polar surface area (TPSA) is 49.3 Å². The van der Waals surface area contributed by atoms with E-state index in [0.717, 1.165) is 42.5 Å². The molecule has 0 aliphatic carbocycles. The third-order valence-electron chi connectivity index (χ3n) is 3.56. The van der Waals surface area contributed by atoms with Crippen molar-refractivity contribution in [3.63, 3.8) is 0 Å². The predicted molar refractivity (Wildman–Crippen MR) is 86.2 cm³/mol. The fourth-order valence-corrected chi connectivity index (χ4v) is 3.27. The van der Waals surface area contributed by atoms with E-state index in [1.165, 1.54) is 11.7 Å². The summed E-state index contributed by atoms with van der Waals surface area (Å²) >= 11 is 2.87. The second-order valence-corrected chi connectivity index (χ2v) is 6.21. The van der Waals surface area contributed by atoms with Gasteiger partial charge in [0.05, 0.1) is 17.9 Å². The molecule has 0 spiro atoms. The maximum atomic E-state index is 12.5. The average molecular weight is 320 g/mol. The molecular weight excluding hydrogens is 304 g/mol. The number of anilines is 1. The molecule has 2 heterocycles. The van der Waals surface area contributed by atoms with Crippen molar-refractivity contribution in [1.82, 2.24) is 13.6 Å². The van der Waals surface area contributed by atoms with Gasteiger partial charge >= 0.3 is 0 Å². The summed E-state index contributed by atoms with van der Waals surface area (Å²) in [7, 11) is 0. The summed E-state index contributed by atoms with van der Waals surface area (Å²) in [5.41, 5.74) is 0.769. The van der Waals surface area contributed by atoms with Gasteiger partial charge in [-0.25, -0.2) is 0 Å². The summed E-state index contributed by atoms with van der Waals surface area (Å²) < 4.78 is 8.27. The Balaban J connectivity index is 1.64. The molecule has 0 atom stereocenters. The molecule has 1 saturated heterocycles. The van der Waals surface area contributed by atoms with Crippen molar-refractivity contribution < 1.29 is 4.79 Å². The third kappa shape index (κ3) is 3.19. The summed E-state index contributed by atoms with van der Waals surface area (Å²) in [6.45, 7) is 3.05. The van der Waals surface area contributed by atoms with Crippen molar-refractivity contribution in [3.05, 3.63) is 36.0 Å². The Kier molecular flexibility index (Phi) is 4.40. The highest BCUT2D eigenvalue weighted by Gasteiger charge is 2.23. The van der Waals surface area contributed by atoms with E-state index in [0.29, 0.717) is 0 Å². The normalized spacial score (nSPS) is 15.3. The number of amides is 1. The standard InChI is InChI=1S/C14H16N4OS2/c1-20-12-4-2-3-11(9-12)14(19)18-7-5-17(6-8-18)13-10-15-21-16-13/h2-4,9-10H,5-8H2,1H3. The Labute approximate surface area is 132 Å². The number of piperazine rings is 1. The lowest BCUT2D eigenvalue weighted by molar-refractivity contribution is 0.0746. The van der Waals surface area contributed by atoms with E-state index in [1.54, 1.807) is 18.0 Å². The lowest BCUT2D eigenvalue weighted by atomic mass is 10.2. The van der Waals surface area contributed by atoms with E-state index in [-0.39, 0.29) is 5.91 Å². The summed E-state index contributed by atoms with van der Waals surface area (Å²) in [5, 5.41) is 0. The minimum Gasteiger partial charge on any atom is -0.351 e. The molecule has 0 N–H and O–H groups in total. The number of aromatic nitrogens is 2. The van der Waals surface area contributed by atoms with Crippen molar-refractivity contribution in [2.45, 2.75) is 4.90 Å². The number of thioether (sulfide) groups is 1. The maximum Gasteiger partial charge on any atom is 0.254 e. The van der Waals surface area contributed by atoms with Gasteiger partial charge in [0, 0.05) is 36.6 Å². The molecule has 0 radical (unpaired) electrons. The Bertz CT molecular complexity index is 609. The van der Waals surface area contributed by atoms with Crippen LogP contribution in [0.15, 0.2) is 35.4 Å². The second-order valence-electron chi connectivity index (χ2n) is 4.78. The molecule has 1 aliphatic heterocycles. The molecule has 5 nitrogen and oxygen atoms in total. The van der Waals surface area contributed by atoms with Crippen molar-refractivity contribution in [2.75, 3.05) is 37.3 Å². The van der Waals surface area contributed by atoms with Gasteiger partial charge in [-0.2, -0.15) is 8.75 Å². The monoisotopic (exact) mass is 320 g/mol. The van der Waals surface area contributed by atoms with E-state index in [2.05, 4.69) is 13.6 Å². The number of hydrogen-bond acceptors (Lipinski definition) is 6. The fourth-order valence-electron chi connectivity index (χ4n) is 2.38. The number of carbonyl (C=O) groups excluding carboxylic acids is 1. The quantitative estimate of drug-likeness (QED) is 0.812. The maximum absolute atomic E-state index is 12.5. The van der Waals surface area contributed by atoms with Crippen LogP contribution in [-0.4, -0.2) is 52.0 Å². The Morgan fingerprint density at radius 2 is 2.10 bits per heavy atom. The molecule has 2 aromatic rings. The van der Waals surface area contributed by atoms with Crippen LogP contribution in [0.4, 0.5) is 5.82 Å². The fraction of sp³-hybridized carbons (Fsp3) is 0.357. The largest absolute Gasteiger partial charge is 0.351 e. The van der Waals surface area contributed by atoms with Crippen molar-refractivity contribution in [1.29, 1.82) is 0 Å². The molecule has 0 unspecified atom stereocenters. The second kappa shape index (κ2) is 6.44. The van der Waals surface area contributed by atoms with Crippen molar-refractivity contribution in [3.8, 4) is 0 Å². The van der Waals surface area contributed by atoms with Crippen LogP contribution in [0.25, 0.3) is 0 Å². The number of hydrogen-bond donors (Lipinski definition) is 0. The first kappa shape index (κ1) is 14.3. The molecule has 1 aromatic carbocycles. The molecule has 110 valence electrons. The van der Waals surface area contributed by atoms with Gasteiger partial charge in [-0.1, -0.05) is 6.07 Å². The van der Waals surface area contributed by atoms with Crippen LogP contribution in [0.1, 0.15) is 10.4 Å². The molecule has 0 bridgehead atoms.